The minimum Gasteiger partial charge on any atom is -0.326 e. The molecule has 19 heavy (non-hydrogen) atoms. The molecule has 1 saturated heterocycles. The van der Waals surface area contributed by atoms with E-state index in [1.807, 2.05) is 0 Å². The Hall–Kier alpha value is -0.270. The number of nitrogens with two attached hydrogens (primary N) is 1. The molecule has 1 aromatic carbocycles. The molecule has 4 nitrogen and oxygen atoms in total. The van der Waals surface area contributed by atoms with Crippen LogP contribution in [0.2, 0.25) is 5.02 Å². The first kappa shape index (κ1) is 15.1. The summed E-state index contributed by atoms with van der Waals surface area (Å²) in [7, 11) is -1.93. The summed E-state index contributed by atoms with van der Waals surface area (Å²) in [4.78, 5) is 0.150. The molecule has 0 spiro atoms. The number of benzene rings is 1. The highest BCUT2D eigenvalue weighted by Crippen LogP contribution is 2.30. The van der Waals surface area contributed by atoms with Crippen molar-refractivity contribution in [1.29, 1.82) is 0 Å². The number of nitrogens with zero attached hydrogens (tertiary/aromatic N) is 1. The van der Waals surface area contributed by atoms with Gasteiger partial charge < -0.3 is 5.73 Å². The fourth-order valence-electron chi connectivity index (χ4n) is 2.03. The van der Waals surface area contributed by atoms with Crippen molar-refractivity contribution in [1.82, 2.24) is 4.31 Å². The van der Waals surface area contributed by atoms with Gasteiger partial charge in [-0.1, -0.05) is 17.7 Å². The van der Waals surface area contributed by atoms with Gasteiger partial charge in [0.25, 0.3) is 0 Å². The molecule has 0 saturated carbocycles. The monoisotopic (exact) mass is 320 g/mol. The minimum absolute atomic E-state index is 0.0487. The second-order valence-corrected chi connectivity index (χ2v) is 8.03. The Labute approximate surface area is 123 Å². The van der Waals surface area contributed by atoms with Gasteiger partial charge in [-0.15, -0.1) is 0 Å². The molecule has 1 aromatic rings. The summed E-state index contributed by atoms with van der Waals surface area (Å²) in [6.07, 6.45) is 0.884. The van der Waals surface area contributed by atoms with E-state index in [2.05, 4.69) is 0 Å². The highest BCUT2D eigenvalue weighted by molar-refractivity contribution is 7.99. The number of halogens is 1. The van der Waals surface area contributed by atoms with Crippen molar-refractivity contribution in [3.63, 3.8) is 0 Å². The van der Waals surface area contributed by atoms with Crippen LogP contribution in [0.4, 0.5) is 0 Å². The third-order valence-corrected chi connectivity index (χ3v) is 6.84. The van der Waals surface area contributed by atoms with E-state index in [-0.39, 0.29) is 16.0 Å². The first-order valence-electron chi connectivity index (χ1n) is 6.01. The number of hydrogen-bond acceptors (Lipinski definition) is 4. The van der Waals surface area contributed by atoms with Gasteiger partial charge in [0, 0.05) is 25.4 Å². The van der Waals surface area contributed by atoms with Crippen LogP contribution in [-0.2, 0) is 16.6 Å². The molecule has 0 aromatic heterocycles. The molecule has 0 amide bonds. The Morgan fingerprint density at radius 2 is 2.26 bits per heavy atom. The average molecular weight is 321 g/mol. The van der Waals surface area contributed by atoms with Gasteiger partial charge in [0.15, 0.2) is 0 Å². The fourth-order valence-corrected chi connectivity index (χ4v) is 5.30. The third kappa shape index (κ3) is 3.08. The molecule has 1 aliphatic heterocycles. The maximum atomic E-state index is 12.6. The fraction of sp³-hybridized carbons (Fsp3) is 0.500. The van der Waals surface area contributed by atoms with E-state index in [1.165, 1.54) is 4.31 Å². The lowest BCUT2D eigenvalue weighted by Crippen LogP contribution is -2.37. The van der Waals surface area contributed by atoms with Gasteiger partial charge in [-0.2, -0.15) is 16.1 Å². The predicted molar refractivity (Wildman–Crippen MR) is 80.0 cm³/mol. The minimum atomic E-state index is -3.55. The van der Waals surface area contributed by atoms with Crippen molar-refractivity contribution in [3.05, 3.63) is 28.8 Å². The Bertz CT molecular complexity index is 557. The predicted octanol–water partition coefficient (Wildman–Crippen LogP) is 1.92. The second kappa shape index (κ2) is 6.01. The lowest BCUT2D eigenvalue weighted by Gasteiger charge is -2.23. The van der Waals surface area contributed by atoms with Crippen LogP contribution < -0.4 is 5.73 Å². The molecule has 7 heteroatoms. The molecule has 106 valence electrons. The van der Waals surface area contributed by atoms with Crippen molar-refractivity contribution >= 4 is 33.4 Å². The van der Waals surface area contributed by atoms with Crippen molar-refractivity contribution < 1.29 is 8.42 Å². The molecular weight excluding hydrogens is 304 g/mol. The number of hydrogen-bond donors (Lipinski definition) is 1. The largest absolute Gasteiger partial charge is 0.326 e. The number of thioether (sulfide) groups is 1. The van der Waals surface area contributed by atoms with Crippen LogP contribution in [0, 0.1) is 0 Å². The van der Waals surface area contributed by atoms with Crippen LogP contribution >= 0.6 is 23.4 Å². The van der Waals surface area contributed by atoms with Gasteiger partial charge in [0.2, 0.25) is 10.0 Å². The third-order valence-electron chi connectivity index (χ3n) is 3.31. The van der Waals surface area contributed by atoms with Crippen LogP contribution in [-0.4, -0.2) is 37.3 Å². The highest BCUT2D eigenvalue weighted by atomic mass is 35.5. The normalized spacial score (nSPS) is 20.1. The van der Waals surface area contributed by atoms with Crippen LogP contribution in [0.3, 0.4) is 0 Å². The van der Waals surface area contributed by atoms with Crippen molar-refractivity contribution in [2.24, 2.45) is 5.73 Å². The summed E-state index contributed by atoms with van der Waals surface area (Å²) in [6.45, 7) is 0.294. The lowest BCUT2D eigenvalue weighted by atomic mass is 10.2. The van der Waals surface area contributed by atoms with Crippen LogP contribution in [0.15, 0.2) is 23.1 Å². The molecule has 0 radical (unpaired) electrons. The van der Waals surface area contributed by atoms with Gasteiger partial charge in [0.1, 0.15) is 4.90 Å². The SMILES string of the molecule is CN(C1CCSC1)S(=O)(=O)c1cc(CN)ccc1Cl. The Balaban J connectivity index is 2.38. The van der Waals surface area contributed by atoms with E-state index >= 15 is 0 Å². The van der Waals surface area contributed by atoms with Gasteiger partial charge in [-0.25, -0.2) is 8.42 Å². The molecule has 2 rings (SSSR count). The standard InChI is InChI=1S/C12H17ClN2O2S2/c1-15(10-4-5-18-8-10)19(16,17)12-6-9(7-14)2-3-11(12)13/h2-3,6,10H,4-5,7-8,14H2,1H3. The highest BCUT2D eigenvalue weighted by Gasteiger charge is 2.31. The summed E-state index contributed by atoms with van der Waals surface area (Å²) >= 11 is 7.81. The molecule has 2 N–H and O–H groups in total. The zero-order valence-electron chi connectivity index (χ0n) is 10.7. The maximum absolute atomic E-state index is 12.6. The van der Waals surface area contributed by atoms with Gasteiger partial charge in [0.05, 0.1) is 5.02 Å². The van der Waals surface area contributed by atoms with E-state index in [0.717, 1.165) is 23.5 Å². The number of sulfonamides is 1. The van der Waals surface area contributed by atoms with E-state index in [9.17, 15) is 8.42 Å². The van der Waals surface area contributed by atoms with Crippen LogP contribution in [0.5, 0.6) is 0 Å². The Morgan fingerprint density at radius 1 is 1.53 bits per heavy atom. The molecular formula is C12H17ClN2O2S2. The Morgan fingerprint density at radius 3 is 2.84 bits per heavy atom. The van der Waals surface area contributed by atoms with Crippen molar-refractivity contribution in [3.8, 4) is 0 Å². The first-order valence-corrected chi connectivity index (χ1v) is 8.98. The molecule has 1 fully saturated rings. The van der Waals surface area contributed by atoms with Crippen molar-refractivity contribution in [2.75, 3.05) is 18.6 Å². The zero-order chi connectivity index (χ0) is 14.0. The van der Waals surface area contributed by atoms with Gasteiger partial charge in [-0.05, 0) is 29.9 Å². The smallest absolute Gasteiger partial charge is 0.244 e. The molecule has 1 aliphatic rings. The molecule has 1 heterocycles. The number of rotatable bonds is 4. The van der Waals surface area contributed by atoms with Crippen molar-refractivity contribution in [2.45, 2.75) is 23.9 Å². The van der Waals surface area contributed by atoms with E-state index in [4.69, 9.17) is 17.3 Å². The van der Waals surface area contributed by atoms with Gasteiger partial charge in [-0.3, -0.25) is 0 Å². The lowest BCUT2D eigenvalue weighted by molar-refractivity contribution is 0.394. The topological polar surface area (TPSA) is 63.4 Å². The summed E-state index contributed by atoms with van der Waals surface area (Å²) in [6, 6.07) is 4.95. The summed E-state index contributed by atoms with van der Waals surface area (Å²) in [5, 5.41) is 0.245. The van der Waals surface area contributed by atoms with E-state index < -0.39 is 10.0 Å². The summed E-state index contributed by atoms with van der Waals surface area (Å²) in [5.74, 6) is 1.84. The second-order valence-electron chi connectivity index (χ2n) is 4.51. The maximum Gasteiger partial charge on any atom is 0.244 e. The first-order chi connectivity index (χ1) is 8.96. The molecule has 0 bridgehead atoms. The molecule has 1 unspecified atom stereocenters. The van der Waals surface area contributed by atoms with E-state index in [0.29, 0.717) is 6.54 Å². The van der Waals surface area contributed by atoms with Gasteiger partial charge >= 0.3 is 0 Å². The molecule has 1 atom stereocenters. The quantitative estimate of drug-likeness (QED) is 0.920. The van der Waals surface area contributed by atoms with Crippen LogP contribution in [0.1, 0.15) is 12.0 Å². The summed E-state index contributed by atoms with van der Waals surface area (Å²) < 4.78 is 26.6. The summed E-state index contributed by atoms with van der Waals surface area (Å²) in [5.41, 5.74) is 6.32. The van der Waals surface area contributed by atoms with E-state index in [1.54, 1.807) is 37.0 Å². The van der Waals surface area contributed by atoms with Crippen LogP contribution in [0.25, 0.3) is 0 Å². The zero-order valence-corrected chi connectivity index (χ0v) is 13.1. The molecule has 0 aliphatic carbocycles. The Kier molecular flexibility index (Phi) is 4.79. The average Bonchev–Trinajstić information content (AvgIpc) is 2.92.